The van der Waals surface area contributed by atoms with E-state index in [1.165, 1.54) is 0 Å². The molecule has 3 rings (SSSR count). The summed E-state index contributed by atoms with van der Waals surface area (Å²) in [7, 11) is 1.74. The first-order valence-electron chi connectivity index (χ1n) is 7.87. The fourth-order valence-electron chi connectivity index (χ4n) is 2.48. The zero-order chi connectivity index (χ0) is 16.9. The molecule has 0 bridgehead atoms. The van der Waals surface area contributed by atoms with Crippen LogP contribution in [-0.4, -0.2) is 23.0 Å². The van der Waals surface area contributed by atoms with Gasteiger partial charge in [0.25, 0.3) is 0 Å². The molecule has 0 fully saturated rings. The van der Waals surface area contributed by atoms with Crippen LogP contribution < -0.4 is 10.6 Å². The quantitative estimate of drug-likeness (QED) is 0.570. The molecule has 2 N–H and O–H groups in total. The van der Waals surface area contributed by atoms with Gasteiger partial charge in [0.2, 0.25) is 5.89 Å². The lowest BCUT2D eigenvalue weighted by Crippen LogP contribution is -2.36. The summed E-state index contributed by atoms with van der Waals surface area (Å²) in [5, 5.41) is 7.64. The Kier molecular flexibility index (Phi) is 4.74. The number of aliphatic imine (C=N–C) groups is 1. The number of rotatable bonds is 4. The number of guanidine groups is 1. The lowest BCUT2D eigenvalue weighted by Gasteiger charge is -2.11. The first kappa shape index (κ1) is 16.0. The van der Waals surface area contributed by atoms with Crippen molar-refractivity contribution in [3.05, 3.63) is 59.4 Å². The van der Waals surface area contributed by atoms with Gasteiger partial charge in [-0.1, -0.05) is 24.3 Å². The summed E-state index contributed by atoms with van der Waals surface area (Å²) in [5.41, 5.74) is 3.04. The molecule has 124 valence electrons. The second-order valence-electron chi connectivity index (χ2n) is 5.52. The molecule has 24 heavy (non-hydrogen) atoms. The summed E-state index contributed by atoms with van der Waals surface area (Å²) in [4.78, 5) is 13.1. The second kappa shape index (κ2) is 7.12. The summed E-state index contributed by atoms with van der Waals surface area (Å²) in [6.07, 6.45) is 1.81. The van der Waals surface area contributed by atoms with E-state index in [1.807, 2.05) is 32.2 Å². The maximum absolute atomic E-state index is 5.56. The van der Waals surface area contributed by atoms with Crippen molar-refractivity contribution < 1.29 is 4.42 Å². The fourth-order valence-corrected chi connectivity index (χ4v) is 2.48. The van der Waals surface area contributed by atoms with Crippen molar-refractivity contribution in [2.75, 3.05) is 7.05 Å². The van der Waals surface area contributed by atoms with Crippen molar-refractivity contribution >= 4 is 16.9 Å². The third-order valence-corrected chi connectivity index (χ3v) is 3.87. The van der Waals surface area contributed by atoms with E-state index in [1.54, 1.807) is 7.05 Å². The zero-order valence-electron chi connectivity index (χ0n) is 14.1. The van der Waals surface area contributed by atoms with Crippen molar-refractivity contribution in [2.24, 2.45) is 4.99 Å². The molecule has 2 aromatic heterocycles. The van der Waals surface area contributed by atoms with Gasteiger partial charge in [0.15, 0.2) is 5.96 Å². The molecule has 0 unspecified atom stereocenters. The van der Waals surface area contributed by atoms with Crippen molar-refractivity contribution in [3.8, 4) is 0 Å². The Morgan fingerprint density at radius 3 is 2.67 bits per heavy atom. The van der Waals surface area contributed by atoms with Crippen LogP contribution in [0.15, 0.2) is 45.9 Å². The van der Waals surface area contributed by atoms with E-state index in [4.69, 9.17) is 4.42 Å². The predicted molar refractivity (Wildman–Crippen MR) is 94.8 cm³/mol. The van der Waals surface area contributed by atoms with E-state index in [9.17, 15) is 0 Å². The molecule has 0 spiro atoms. The Morgan fingerprint density at radius 2 is 1.92 bits per heavy atom. The molecule has 6 nitrogen and oxygen atoms in total. The lowest BCUT2D eigenvalue weighted by atomic mass is 10.1. The second-order valence-corrected chi connectivity index (χ2v) is 5.52. The SMILES string of the molecule is CN=C(NCc1nc(C)c(C)o1)NCc1cccc2cccnc12. The van der Waals surface area contributed by atoms with Crippen molar-refractivity contribution in [1.82, 2.24) is 20.6 Å². The minimum Gasteiger partial charge on any atom is -0.444 e. The lowest BCUT2D eigenvalue weighted by molar-refractivity contribution is 0.463. The number of fused-ring (bicyclic) bond motifs is 1. The average Bonchev–Trinajstić information content (AvgIpc) is 2.93. The molecule has 2 heterocycles. The Morgan fingerprint density at radius 1 is 1.12 bits per heavy atom. The number of nitrogens with zero attached hydrogens (tertiary/aromatic N) is 3. The van der Waals surface area contributed by atoms with Crippen LogP contribution in [0.3, 0.4) is 0 Å². The fraction of sp³-hybridized carbons (Fsp3) is 0.278. The van der Waals surface area contributed by atoms with E-state index < -0.39 is 0 Å². The topological polar surface area (TPSA) is 75.3 Å². The smallest absolute Gasteiger partial charge is 0.214 e. The molecule has 0 radical (unpaired) electrons. The Labute approximate surface area is 141 Å². The maximum atomic E-state index is 5.56. The number of nitrogens with one attached hydrogen (secondary N) is 2. The van der Waals surface area contributed by atoms with Crippen molar-refractivity contribution in [3.63, 3.8) is 0 Å². The molecule has 0 aliphatic carbocycles. The van der Waals surface area contributed by atoms with E-state index >= 15 is 0 Å². The van der Waals surface area contributed by atoms with Gasteiger partial charge in [0.05, 0.1) is 17.8 Å². The highest BCUT2D eigenvalue weighted by molar-refractivity contribution is 5.83. The van der Waals surface area contributed by atoms with Gasteiger partial charge in [-0.15, -0.1) is 0 Å². The molecular weight excluding hydrogens is 302 g/mol. The summed E-state index contributed by atoms with van der Waals surface area (Å²) in [5.74, 6) is 2.19. The first-order chi connectivity index (χ1) is 11.7. The third kappa shape index (κ3) is 3.53. The standard InChI is InChI=1S/C18H21N5O/c1-12-13(2)24-16(23-12)11-22-18(19-3)21-10-15-7-4-6-14-8-5-9-20-17(14)15/h4-9H,10-11H2,1-3H3,(H2,19,21,22). The summed E-state index contributed by atoms with van der Waals surface area (Å²) >= 11 is 0. The van der Waals surface area contributed by atoms with E-state index in [-0.39, 0.29) is 0 Å². The van der Waals surface area contributed by atoms with Gasteiger partial charge >= 0.3 is 0 Å². The predicted octanol–water partition coefficient (Wildman–Crippen LogP) is 2.70. The summed E-state index contributed by atoms with van der Waals surface area (Å²) < 4.78 is 5.56. The van der Waals surface area contributed by atoms with Gasteiger partial charge in [0, 0.05) is 25.2 Å². The van der Waals surface area contributed by atoms with Crippen LogP contribution in [0.1, 0.15) is 22.9 Å². The van der Waals surface area contributed by atoms with E-state index in [0.717, 1.165) is 27.9 Å². The monoisotopic (exact) mass is 323 g/mol. The first-order valence-corrected chi connectivity index (χ1v) is 7.87. The number of para-hydroxylation sites is 1. The molecule has 6 heteroatoms. The molecule has 0 saturated heterocycles. The molecule has 0 atom stereocenters. The summed E-state index contributed by atoms with van der Waals surface area (Å²) in [6.45, 7) is 4.97. The van der Waals surface area contributed by atoms with Gasteiger partial charge in [0.1, 0.15) is 5.76 Å². The van der Waals surface area contributed by atoms with Crippen LogP contribution in [-0.2, 0) is 13.1 Å². The van der Waals surface area contributed by atoms with E-state index in [0.29, 0.717) is 24.9 Å². The number of oxazole rings is 1. The number of aromatic nitrogens is 2. The van der Waals surface area contributed by atoms with Crippen LogP contribution in [0.4, 0.5) is 0 Å². The maximum Gasteiger partial charge on any atom is 0.214 e. The van der Waals surface area contributed by atoms with Crippen LogP contribution in [0.2, 0.25) is 0 Å². The van der Waals surface area contributed by atoms with Gasteiger partial charge in [-0.25, -0.2) is 4.98 Å². The molecule has 0 aliphatic heterocycles. The summed E-state index contributed by atoms with van der Waals surface area (Å²) in [6, 6.07) is 10.2. The number of pyridine rings is 1. The minimum absolute atomic E-state index is 0.488. The van der Waals surface area contributed by atoms with Gasteiger partial charge in [-0.3, -0.25) is 9.98 Å². The molecule has 3 aromatic rings. The number of hydrogen-bond acceptors (Lipinski definition) is 4. The highest BCUT2D eigenvalue weighted by atomic mass is 16.4. The van der Waals surface area contributed by atoms with Crippen molar-refractivity contribution in [2.45, 2.75) is 26.9 Å². The zero-order valence-corrected chi connectivity index (χ0v) is 14.1. The number of hydrogen-bond donors (Lipinski definition) is 2. The van der Waals surface area contributed by atoms with Crippen LogP contribution in [0.25, 0.3) is 10.9 Å². The Bertz CT molecular complexity index is 844. The number of benzene rings is 1. The molecular formula is C18H21N5O. The van der Waals surface area contributed by atoms with Gasteiger partial charge < -0.3 is 15.1 Å². The Hall–Kier alpha value is -2.89. The molecule has 0 saturated carbocycles. The molecule has 1 aromatic carbocycles. The van der Waals surface area contributed by atoms with Crippen LogP contribution in [0, 0.1) is 13.8 Å². The van der Waals surface area contributed by atoms with Crippen LogP contribution in [0.5, 0.6) is 0 Å². The van der Waals surface area contributed by atoms with Gasteiger partial charge in [-0.2, -0.15) is 0 Å². The largest absolute Gasteiger partial charge is 0.444 e. The van der Waals surface area contributed by atoms with Gasteiger partial charge in [-0.05, 0) is 25.5 Å². The molecule has 0 aliphatic rings. The minimum atomic E-state index is 0.488. The normalized spacial score (nSPS) is 11.7. The Balaban J connectivity index is 1.63. The number of aryl methyl sites for hydroxylation is 2. The molecule has 0 amide bonds. The highest BCUT2D eigenvalue weighted by Gasteiger charge is 2.07. The van der Waals surface area contributed by atoms with Crippen LogP contribution >= 0.6 is 0 Å². The average molecular weight is 323 g/mol. The van der Waals surface area contributed by atoms with Crippen molar-refractivity contribution in [1.29, 1.82) is 0 Å². The van der Waals surface area contributed by atoms with E-state index in [2.05, 4.69) is 43.8 Å². The third-order valence-electron chi connectivity index (χ3n) is 3.87. The highest BCUT2D eigenvalue weighted by Crippen LogP contribution is 2.15.